The molecule has 2 N–H and O–H groups in total. The van der Waals surface area contributed by atoms with E-state index in [2.05, 4.69) is 10.6 Å². The van der Waals surface area contributed by atoms with Crippen molar-refractivity contribution in [2.75, 3.05) is 23.8 Å². The number of ketones is 1. The number of anilines is 2. The van der Waals surface area contributed by atoms with Crippen molar-refractivity contribution in [2.24, 2.45) is 0 Å². The first-order valence-corrected chi connectivity index (χ1v) is 5.95. The van der Waals surface area contributed by atoms with Crippen molar-refractivity contribution in [2.45, 2.75) is 19.8 Å². The molecule has 0 aromatic heterocycles. The van der Waals surface area contributed by atoms with E-state index in [-0.39, 0.29) is 18.3 Å². The van der Waals surface area contributed by atoms with Gasteiger partial charge in [-0.15, -0.1) is 0 Å². The Morgan fingerprint density at radius 3 is 3.11 bits per heavy atom. The summed E-state index contributed by atoms with van der Waals surface area (Å²) in [6, 6.07) is 5.55. The highest BCUT2D eigenvalue weighted by Gasteiger charge is 2.15. The van der Waals surface area contributed by atoms with Gasteiger partial charge in [-0.3, -0.25) is 4.79 Å². The maximum Gasteiger partial charge on any atom is 0.262 e. The van der Waals surface area contributed by atoms with Crippen LogP contribution in [0.1, 0.15) is 19.8 Å². The number of carbonyl (C=O) groups excluding carboxylic acids is 2. The normalized spacial score (nSPS) is 13.3. The third-order valence-electron chi connectivity index (χ3n) is 2.65. The molecular weight excluding hydrogens is 232 g/mol. The Morgan fingerprint density at radius 1 is 1.50 bits per heavy atom. The first-order chi connectivity index (χ1) is 8.65. The van der Waals surface area contributed by atoms with Crippen LogP contribution in [-0.4, -0.2) is 24.8 Å². The summed E-state index contributed by atoms with van der Waals surface area (Å²) < 4.78 is 5.26. The number of carbonyl (C=O) groups is 2. The molecule has 1 aromatic rings. The third-order valence-corrected chi connectivity index (χ3v) is 2.65. The largest absolute Gasteiger partial charge is 0.482 e. The molecule has 1 aliphatic rings. The number of rotatable bonds is 5. The van der Waals surface area contributed by atoms with Crippen LogP contribution in [0.2, 0.25) is 0 Å². The molecule has 0 aliphatic carbocycles. The van der Waals surface area contributed by atoms with Crippen molar-refractivity contribution >= 4 is 23.1 Å². The molecule has 0 fully saturated rings. The lowest BCUT2D eigenvalue weighted by atomic mass is 10.2. The van der Waals surface area contributed by atoms with Gasteiger partial charge in [0, 0.05) is 18.7 Å². The number of fused-ring (bicyclic) bond motifs is 1. The summed E-state index contributed by atoms with van der Waals surface area (Å²) in [5, 5.41) is 5.96. The fourth-order valence-corrected chi connectivity index (χ4v) is 1.76. The molecule has 0 saturated carbocycles. The van der Waals surface area contributed by atoms with Crippen molar-refractivity contribution in [1.29, 1.82) is 0 Å². The van der Waals surface area contributed by atoms with Gasteiger partial charge in [-0.1, -0.05) is 0 Å². The van der Waals surface area contributed by atoms with Gasteiger partial charge in [-0.2, -0.15) is 0 Å². The molecule has 2 rings (SSSR count). The quantitative estimate of drug-likeness (QED) is 0.780. The van der Waals surface area contributed by atoms with Gasteiger partial charge < -0.3 is 20.2 Å². The molecule has 96 valence electrons. The van der Waals surface area contributed by atoms with Gasteiger partial charge in [0.1, 0.15) is 11.5 Å². The molecule has 0 spiro atoms. The van der Waals surface area contributed by atoms with E-state index < -0.39 is 0 Å². The van der Waals surface area contributed by atoms with Crippen molar-refractivity contribution in [3.05, 3.63) is 18.2 Å². The van der Waals surface area contributed by atoms with Crippen LogP contribution in [0.15, 0.2) is 18.2 Å². The smallest absolute Gasteiger partial charge is 0.262 e. The highest BCUT2D eigenvalue weighted by atomic mass is 16.5. The van der Waals surface area contributed by atoms with E-state index in [1.54, 1.807) is 6.92 Å². The average Bonchev–Trinajstić information content (AvgIpc) is 2.34. The van der Waals surface area contributed by atoms with Gasteiger partial charge in [-0.25, -0.2) is 0 Å². The summed E-state index contributed by atoms with van der Waals surface area (Å²) >= 11 is 0. The molecule has 1 aromatic carbocycles. The Labute approximate surface area is 106 Å². The van der Waals surface area contributed by atoms with Crippen molar-refractivity contribution in [3.8, 4) is 5.75 Å². The van der Waals surface area contributed by atoms with Gasteiger partial charge in [0.25, 0.3) is 5.91 Å². The minimum Gasteiger partial charge on any atom is -0.482 e. The molecule has 1 amide bonds. The lowest BCUT2D eigenvalue weighted by Gasteiger charge is -2.18. The minimum absolute atomic E-state index is 0.0678. The molecule has 1 heterocycles. The highest BCUT2D eigenvalue weighted by Crippen LogP contribution is 2.30. The van der Waals surface area contributed by atoms with Crippen LogP contribution in [0.4, 0.5) is 11.4 Å². The van der Waals surface area contributed by atoms with Crippen LogP contribution in [0.25, 0.3) is 0 Å². The second kappa shape index (κ2) is 5.53. The lowest BCUT2D eigenvalue weighted by Crippen LogP contribution is -2.25. The summed E-state index contributed by atoms with van der Waals surface area (Å²) in [6.45, 7) is 2.39. The average molecular weight is 248 g/mol. The summed E-state index contributed by atoms with van der Waals surface area (Å²) in [5.74, 6) is 0.739. The van der Waals surface area contributed by atoms with Gasteiger partial charge in [-0.05, 0) is 31.5 Å². The first-order valence-electron chi connectivity index (χ1n) is 5.95. The molecule has 1 aliphatic heterocycles. The number of ether oxygens (including phenoxy) is 1. The van der Waals surface area contributed by atoms with E-state index in [1.165, 1.54) is 0 Å². The number of hydrogen-bond acceptors (Lipinski definition) is 4. The fraction of sp³-hybridized carbons (Fsp3) is 0.385. The van der Waals surface area contributed by atoms with Gasteiger partial charge in [0.2, 0.25) is 0 Å². The molecule has 0 atom stereocenters. The zero-order valence-electron chi connectivity index (χ0n) is 10.3. The Bertz CT molecular complexity index is 471. The Morgan fingerprint density at radius 2 is 2.33 bits per heavy atom. The van der Waals surface area contributed by atoms with Gasteiger partial charge in [0.05, 0.1) is 5.69 Å². The Hall–Kier alpha value is -2.04. The first kappa shape index (κ1) is 12.4. The van der Waals surface area contributed by atoms with Crippen molar-refractivity contribution in [1.82, 2.24) is 0 Å². The van der Waals surface area contributed by atoms with Gasteiger partial charge in [0.15, 0.2) is 6.61 Å². The van der Waals surface area contributed by atoms with E-state index >= 15 is 0 Å². The van der Waals surface area contributed by atoms with Gasteiger partial charge >= 0.3 is 0 Å². The summed E-state index contributed by atoms with van der Waals surface area (Å²) in [6.07, 6.45) is 1.38. The minimum atomic E-state index is -0.142. The van der Waals surface area contributed by atoms with E-state index in [9.17, 15) is 9.59 Å². The number of hydrogen-bond donors (Lipinski definition) is 2. The van der Waals surface area contributed by atoms with Crippen LogP contribution < -0.4 is 15.4 Å². The van der Waals surface area contributed by atoms with Crippen LogP contribution in [0.3, 0.4) is 0 Å². The number of Topliss-reactive ketones (excluding diaryl/α,β-unsaturated/α-hetero) is 1. The van der Waals surface area contributed by atoms with Crippen molar-refractivity contribution in [3.63, 3.8) is 0 Å². The zero-order chi connectivity index (χ0) is 13.0. The number of nitrogens with one attached hydrogen (secondary N) is 2. The number of amides is 1. The lowest BCUT2D eigenvalue weighted by molar-refractivity contribution is -0.119. The second-order valence-corrected chi connectivity index (χ2v) is 4.28. The molecule has 0 radical (unpaired) electrons. The maximum absolute atomic E-state index is 11.2. The Kier molecular flexibility index (Phi) is 3.82. The molecular formula is C13H16N2O3. The van der Waals surface area contributed by atoms with E-state index in [0.29, 0.717) is 17.9 Å². The molecule has 18 heavy (non-hydrogen) atoms. The third kappa shape index (κ3) is 3.23. The molecule has 5 heteroatoms. The maximum atomic E-state index is 11.2. The molecule has 0 saturated heterocycles. The van der Waals surface area contributed by atoms with E-state index in [0.717, 1.165) is 18.7 Å². The SMILES string of the molecule is CC(=O)CCCNc1ccc2c(c1)NC(=O)CO2. The highest BCUT2D eigenvalue weighted by molar-refractivity contribution is 5.96. The van der Waals surface area contributed by atoms with E-state index in [4.69, 9.17) is 4.74 Å². The molecule has 5 nitrogen and oxygen atoms in total. The van der Waals surface area contributed by atoms with Crippen LogP contribution in [0, 0.1) is 0 Å². The molecule has 0 bridgehead atoms. The predicted octanol–water partition coefficient (Wildman–Crippen LogP) is 1.80. The fourth-order valence-electron chi connectivity index (χ4n) is 1.76. The van der Waals surface area contributed by atoms with E-state index in [1.807, 2.05) is 18.2 Å². The van der Waals surface area contributed by atoms with Crippen LogP contribution in [0.5, 0.6) is 5.75 Å². The summed E-state index contributed by atoms with van der Waals surface area (Å²) in [5.41, 5.74) is 1.59. The summed E-state index contributed by atoms with van der Waals surface area (Å²) in [7, 11) is 0. The zero-order valence-corrected chi connectivity index (χ0v) is 10.3. The summed E-state index contributed by atoms with van der Waals surface area (Å²) in [4.78, 5) is 22.0. The predicted molar refractivity (Wildman–Crippen MR) is 69.0 cm³/mol. The van der Waals surface area contributed by atoms with Crippen molar-refractivity contribution < 1.29 is 14.3 Å². The monoisotopic (exact) mass is 248 g/mol. The standard InChI is InChI=1S/C13H16N2O3/c1-9(16)3-2-6-14-10-4-5-12-11(7-10)15-13(17)8-18-12/h4-5,7,14H,2-3,6,8H2,1H3,(H,15,17). The van der Waals surface area contributed by atoms with Crippen LogP contribution >= 0.6 is 0 Å². The Balaban J connectivity index is 1.92. The molecule has 0 unspecified atom stereocenters. The topological polar surface area (TPSA) is 67.4 Å². The number of benzene rings is 1. The second-order valence-electron chi connectivity index (χ2n) is 4.28. The van der Waals surface area contributed by atoms with Crippen LogP contribution in [-0.2, 0) is 9.59 Å².